The van der Waals surface area contributed by atoms with Crippen molar-refractivity contribution in [1.82, 2.24) is 10.3 Å². The number of hydrogen-bond acceptors (Lipinski definition) is 4. The molecule has 2 rings (SSSR count). The second kappa shape index (κ2) is 4.38. The summed E-state index contributed by atoms with van der Waals surface area (Å²) < 4.78 is 10.7. The summed E-state index contributed by atoms with van der Waals surface area (Å²) in [6.07, 6.45) is 3.79. The summed E-state index contributed by atoms with van der Waals surface area (Å²) in [7, 11) is 3.12. The minimum atomic E-state index is -0.252. The Morgan fingerprint density at radius 3 is 2.88 bits per heavy atom. The number of nitrogens with zero attached hydrogens (tertiary/aromatic N) is 1. The highest BCUT2D eigenvalue weighted by molar-refractivity contribution is 5.94. The average molecular weight is 222 g/mol. The molecule has 1 aromatic heterocycles. The van der Waals surface area contributed by atoms with Gasteiger partial charge in [-0.15, -0.1) is 0 Å². The van der Waals surface area contributed by atoms with Crippen LogP contribution in [0.5, 0.6) is 11.5 Å². The van der Waals surface area contributed by atoms with Gasteiger partial charge in [0.25, 0.3) is 5.91 Å². The van der Waals surface area contributed by atoms with E-state index in [0.717, 1.165) is 12.8 Å². The molecule has 1 aromatic rings. The predicted octanol–water partition coefficient (Wildman–Crippen LogP) is 0.991. The Labute approximate surface area is 93.8 Å². The smallest absolute Gasteiger partial charge is 0.273 e. The monoisotopic (exact) mass is 222 g/mol. The molecule has 5 heteroatoms. The number of pyridine rings is 1. The molecular weight excluding hydrogens is 208 g/mol. The molecule has 0 atom stereocenters. The van der Waals surface area contributed by atoms with Crippen LogP contribution in [0.15, 0.2) is 12.3 Å². The minimum absolute atomic E-state index is 0.220. The second-order valence-corrected chi connectivity index (χ2v) is 3.62. The topological polar surface area (TPSA) is 60.5 Å². The molecule has 1 saturated carbocycles. The maximum Gasteiger partial charge on any atom is 0.273 e. The number of methoxy groups -OCH3 is 1. The lowest BCUT2D eigenvalue weighted by Crippen LogP contribution is -2.20. The third kappa shape index (κ3) is 2.24. The average Bonchev–Trinajstić information content (AvgIpc) is 3.12. The molecule has 0 bridgehead atoms. The lowest BCUT2D eigenvalue weighted by atomic mass is 10.3. The number of amides is 1. The summed E-state index contributed by atoms with van der Waals surface area (Å²) in [6, 6.07) is 1.69. The van der Waals surface area contributed by atoms with E-state index < -0.39 is 0 Å². The molecule has 0 saturated heterocycles. The van der Waals surface area contributed by atoms with Gasteiger partial charge in [0.2, 0.25) is 0 Å². The van der Waals surface area contributed by atoms with Crippen molar-refractivity contribution >= 4 is 5.91 Å². The Morgan fingerprint density at radius 2 is 2.31 bits per heavy atom. The highest BCUT2D eigenvalue weighted by Gasteiger charge is 2.26. The lowest BCUT2D eigenvalue weighted by Gasteiger charge is -2.10. The first-order valence-corrected chi connectivity index (χ1v) is 5.17. The molecule has 0 aliphatic heterocycles. The van der Waals surface area contributed by atoms with Crippen LogP contribution in [0.2, 0.25) is 0 Å². The highest BCUT2D eigenvalue weighted by atomic mass is 16.5. The summed E-state index contributed by atoms with van der Waals surface area (Å²) in [5.41, 5.74) is 0.301. The standard InChI is InChI=1S/C11H14N2O3/c1-12-11(14)10-9(16-7-3-4-7)5-8(15-2)6-13-10/h5-7H,3-4H2,1-2H3,(H,12,14). The zero-order valence-electron chi connectivity index (χ0n) is 9.32. The fraction of sp³-hybridized carbons (Fsp3) is 0.455. The van der Waals surface area contributed by atoms with Gasteiger partial charge in [0.1, 0.15) is 5.75 Å². The Balaban J connectivity index is 2.29. The molecule has 1 amide bonds. The van der Waals surface area contributed by atoms with Gasteiger partial charge in [0, 0.05) is 13.1 Å². The number of carbonyl (C=O) groups excluding carboxylic acids is 1. The highest BCUT2D eigenvalue weighted by Crippen LogP contribution is 2.30. The van der Waals surface area contributed by atoms with Gasteiger partial charge in [0.05, 0.1) is 19.4 Å². The van der Waals surface area contributed by atoms with Crippen molar-refractivity contribution in [2.24, 2.45) is 0 Å². The molecular formula is C11H14N2O3. The zero-order valence-corrected chi connectivity index (χ0v) is 9.32. The number of carbonyl (C=O) groups is 1. The minimum Gasteiger partial charge on any atom is -0.495 e. The summed E-state index contributed by atoms with van der Waals surface area (Å²) in [5, 5.41) is 2.53. The number of rotatable bonds is 4. The van der Waals surface area contributed by atoms with E-state index in [9.17, 15) is 4.79 Å². The van der Waals surface area contributed by atoms with Gasteiger partial charge >= 0.3 is 0 Å². The van der Waals surface area contributed by atoms with Crippen LogP contribution in [-0.2, 0) is 0 Å². The number of aromatic nitrogens is 1. The van der Waals surface area contributed by atoms with E-state index in [-0.39, 0.29) is 12.0 Å². The van der Waals surface area contributed by atoms with Crippen molar-refractivity contribution in [3.8, 4) is 11.5 Å². The van der Waals surface area contributed by atoms with Crippen LogP contribution in [0.4, 0.5) is 0 Å². The first-order valence-electron chi connectivity index (χ1n) is 5.17. The molecule has 0 unspecified atom stereocenters. The SMILES string of the molecule is CNC(=O)c1ncc(OC)cc1OC1CC1. The van der Waals surface area contributed by atoms with Crippen LogP contribution in [0, 0.1) is 0 Å². The molecule has 0 radical (unpaired) electrons. The van der Waals surface area contributed by atoms with Gasteiger partial charge in [-0.2, -0.15) is 0 Å². The Bertz CT molecular complexity index is 402. The van der Waals surface area contributed by atoms with Crippen molar-refractivity contribution in [1.29, 1.82) is 0 Å². The third-order valence-electron chi connectivity index (χ3n) is 2.32. The van der Waals surface area contributed by atoms with Gasteiger partial charge in [-0.1, -0.05) is 0 Å². The van der Waals surface area contributed by atoms with Crippen LogP contribution in [-0.4, -0.2) is 31.2 Å². The van der Waals surface area contributed by atoms with Crippen LogP contribution in [0.3, 0.4) is 0 Å². The molecule has 16 heavy (non-hydrogen) atoms. The predicted molar refractivity (Wildman–Crippen MR) is 57.8 cm³/mol. The van der Waals surface area contributed by atoms with E-state index in [0.29, 0.717) is 17.2 Å². The summed E-state index contributed by atoms with van der Waals surface area (Å²) in [6.45, 7) is 0. The van der Waals surface area contributed by atoms with Crippen molar-refractivity contribution in [3.63, 3.8) is 0 Å². The van der Waals surface area contributed by atoms with Gasteiger partial charge in [-0.3, -0.25) is 4.79 Å². The Hall–Kier alpha value is -1.78. The lowest BCUT2D eigenvalue weighted by molar-refractivity contribution is 0.0953. The van der Waals surface area contributed by atoms with Crippen molar-refractivity contribution in [2.45, 2.75) is 18.9 Å². The maximum absolute atomic E-state index is 11.5. The fourth-order valence-electron chi connectivity index (χ4n) is 1.28. The van der Waals surface area contributed by atoms with Crippen LogP contribution in [0.25, 0.3) is 0 Å². The Morgan fingerprint density at radius 1 is 1.56 bits per heavy atom. The van der Waals surface area contributed by atoms with Gasteiger partial charge < -0.3 is 14.8 Å². The quantitative estimate of drug-likeness (QED) is 0.825. The van der Waals surface area contributed by atoms with E-state index in [2.05, 4.69) is 10.3 Å². The van der Waals surface area contributed by atoms with Crippen LogP contribution in [0.1, 0.15) is 23.3 Å². The Kier molecular flexibility index (Phi) is 2.94. The van der Waals surface area contributed by atoms with Crippen molar-refractivity contribution in [2.75, 3.05) is 14.2 Å². The molecule has 1 heterocycles. The van der Waals surface area contributed by atoms with Crippen molar-refractivity contribution < 1.29 is 14.3 Å². The van der Waals surface area contributed by atoms with Gasteiger partial charge in [-0.05, 0) is 12.8 Å². The molecule has 1 fully saturated rings. The summed E-state index contributed by atoms with van der Waals surface area (Å²) in [4.78, 5) is 15.6. The van der Waals surface area contributed by atoms with Crippen LogP contribution >= 0.6 is 0 Å². The normalized spacial score (nSPS) is 14.4. The van der Waals surface area contributed by atoms with E-state index in [1.54, 1.807) is 20.2 Å². The first-order chi connectivity index (χ1) is 7.74. The summed E-state index contributed by atoms with van der Waals surface area (Å²) in [5.74, 6) is 0.822. The number of ether oxygens (including phenoxy) is 2. The fourth-order valence-corrected chi connectivity index (χ4v) is 1.28. The van der Waals surface area contributed by atoms with E-state index >= 15 is 0 Å². The third-order valence-corrected chi connectivity index (χ3v) is 2.32. The molecule has 0 spiro atoms. The number of hydrogen-bond donors (Lipinski definition) is 1. The van der Waals surface area contributed by atoms with Crippen LogP contribution < -0.4 is 14.8 Å². The van der Waals surface area contributed by atoms with Crippen molar-refractivity contribution in [3.05, 3.63) is 18.0 Å². The molecule has 1 aliphatic carbocycles. The van der Waals surface area contributed by atoms with E-state index in [4.69, 9.17) is 9.47 Å². The first kappa shape index (κ1) is 10.7. The van der Waals surface area contributed by atoms with Gasteiger partial charge in [0.15, 0.2) is 11.4 Å². The molecule has 0 aromatic carbocycles. The second-order valence-electron chi connectivity index (χ2n) is 3.62. The van der Waals surface area contributed by atoms with Gasteiger partial charge in [-0.25, -0.2) is 4.98 Å². The molecule has 5 nitrogen and oxygen atoms in total. The zero-order chi connectivity index (χ0) is 11.5. The summed E-state index contributed by atoms with van der Waals surface area (Å²) >= 11 is 0. The van der Waals surface area contributed by atoms with E-state index in [1.807, 2.05) is 0 Å². The maximum atomic E-state index is 11.5. The molecule has 86 valence electrons. The number of nitrogens with one attached hydrogen (secondary N) is 1. The largest absolute Gasteiger partial charge is 0.495 e. The molecule has 1 N–H and O–H groups in total. The molecule has 1 aliphatic rings. The van der Waals surface area contributed by atoms with E-state index in [1.165, 1.54) is 6.20 Å².